The third kappa shape index (κ3) is 6.50. The van der Waals surface area contributed by atoms with E-state index in [4.69, 9.17) is 9.47 Å². The van der Waals surface area contributed by atoms with E-state index in [0.29, 0.717) is 36.0 Å². The van der Waals surface area contributed by atoms with Gasteiger partial charge in [0.2, 0.25) is 5.91 Å². The molecule has 0 saturated carbocycles. The normalized spacial score (nSPS) is 11.5. The number of hydrogen-bond donors (Lipinski definition) is 3. The van der Waals surface area contributed by atoms with E-state index in [1.165, 1.54) is 6.92 Å². The zero-order chi connectivity index (χ0) is 21.4. The molecule has 1 atom stereocenters. The van der Waals surface area contributed by atoms with E-state index in [9.17, 15) is 9.59 Å². The fraction of sp³-hybridized carbons (Fsp3) is 0.364. The van der Waals surface area contributed by atoms with Gasteiger partial charge in [-0.3, -0.25) is 9.59 Å². The van der Waals surface area contributed by atoms with Gasteiger partial charge in [-0.05, 0) is 55.8 Å². The van der Waals surface area contributed by atoms with Gasteiger partial charge in [0.25, 0.3) is 5.91 Å². The molecule has 0 aliphatic heterocycles. The van der Waals surface area contributed by atoms with E-state index < -0.39 is 0 Å². The molecule has 0 spiro atoms. The van der Waals surface area contributed by atoms with E-state index in [-0.39, 0.29) is 11.8 Å². The van der Waals surface area contributed by atoms with Crippen LogP contribution in [0.5, 0.6) is 11.5 Å². The molecule has 7 nitrogen and oxygen atoms in total. The van der Waals surface area contributed by atoms with Gasteiger partial charge < -0.3 is 25.0 Å². The molecular formula is C22H30N3O4+. The third-order valence-corrected chi connectivity index (χ3v) is 4.68. The monoisotopic (exact) mass is 400 g/mol. The van der Waals surface area contributed by atoms with Gasteiger partial charge in [0.15, 0.2) is 18.0 Å². The van der Waals surface area contributed by atoms with Gasteiger partial charge in [-0.25, -0.2) is 0 Å². The fourth-order valence-corrected chi connectivity index (χ4v) is 3.07. The summed E-state index contributed by atoms with van der Waals surface area (Å²) in [6.45, 7) is 7.40. The Kier molecular flexibility index (Phi) is 8.03. The molecule has 0 fully saturated rings. The molecule has 0 heterocycles. The summed E-state index contributed by atoms with van der Waals surface area (Å²) in [4.78, 5) is 24.7. The Morgan fingerprint density at radius 2 is 1.52 bits per heavy atom. The van der Waals surface area contributed by atoms with Crippen molar-refractivity contribution in [3.8, 4) is 11.5 Å². The molecule has 29 heavy (non-hydrogen) atoms. The topological polar surface area (TPSA) is 81.1 Å². The minimum absolute atomic E-state index is 0.0627. The second-order valence-electron chi connectivity index (χ2n) is 6.90. The molecule has 2 aromatic carbocycles. The van der Waals surface area contributed by atoms with Crippen molar-refractivity contribution in [1.29, 1.82) is 0 Å². The molecule has 0 aliphatic rings. The quantitative estimate of drug-likeness (QED) is 0.602. The van der Waals surface area contributed by atoms with Gasteiger partial charge in [0.1, 0.15) is 6.54 Å². The van der Waals surface area contributed by atoms with E-state index in [1.54, 1.807) is 38.5 Å². The van der Waals surface area contributed by atoms with Crippen molar-refractivity contribution in [2.75, 3.05) is 37.9 Å². The summed E-state index contributed by atoms with van der Waals surface area (Å²) in [5.74, 6) is 1.20. The number of anilines is 2. The molecule has 1 unspecified atom stereocenters. The Morgan fingerprint density at radius 1 is 0.966 bits per heavy atom. The molecule has 0 aliphatic carbocycles. The van der Waals surface area contributed by atoms with Gasteiger partial charge in [0, 0.05) is 23.9 Å². The molecule has 0 saturated heterocycles. The van der Waals surface area contributed by atoms with Gasteiger partial charge in [-0.1, -0.05) is 0 Å². The summed E-state index contributed by atoms with van der Waals surface area (Å²) >= 11 is 0. The maximum Gasteiger partial charge on any atom is 0.279 e. The first-order chi connectivity index (χ1) is 13.9. The van der Waals surface area contributed by atoms with Crippen molar-refractivity contribution < 1.29 is 24.0 Å². The van der Waals surface area contributed by atoms with Crippen LogP contribution >= 0.6 is 0 Å². The Morgan fingerprint density at radius 3 is 2.03 bits per heavy atom. The zero-order valence-corrected chi connectivity index (χ0v) is 17.7. The van der Waals surface area contributed by atoms with Crippen LogP contribution in [-0.2, 0) is 16.1 Å². The summed E-state index contributed by atoms with van der Waals surface area (Å²) < 4.78 is 10.7. The number of quaternary nitrogens is 1. The number of hydrogen-bond acceptors (Lipinski definition) is 4. The second kappa shape index (κ2) is 10.5. The molecule has 2 aromatic rings. The predicted octanol–water partition coefficient (Wildman–Crippen LogP) is 2.01. The van der Waals surface area contributed by atoms with Gasteiger partial charge in [-0.15, -0.1) is 0 Å². The van der Waals surface area contributed by atoms with Crippen molar-refractivity contribution >= 4 is 23.2 Å². The molecule has 2 rings (SSSR count). The van der Waals surface area contributed by atoms with Crippen molar-refractivity contribution in [2.45, 2.75) is 27.3 Å². The largest absolute Gasteiger partial charge is 0.493 e. The van der Waals surface area contributed by atoms with Crippen molar-refractivity contribution in [3.63, 3.8) is 0 Å². The third-order valence-electron chi connectivity index (χ3n) is 4.68. The van der Waals surface area contributed by atoms with Crippen molar-refractivity contribution in [2.24, 2.45) is 0 Å². The van der Waals surface area contributed by atoms with Gasteiger partial charge in [-0.2, -0.15) is 0 Å². The van der Waals surface area contributed by atoms with Crippen LogP contribution in [0.2, 0.25) is 0 Å². The molecule has 0 radical (unpaired) electrons. The highest BCUT2D eigenvalue weighted by Crippen LogP contribution is 2.29. The number of benzene rings is 2. The number of ether oxygens (including phenoxy) is 2. The number of carbonyl (C=O) groups excluding carboxylic acids is 2. The predicted molar refractivity (Wildman–Crippen MR) is 114 cm³/mol. The van der Waals surface area contributed by atoms with Crippen LogP contribution in [0.4, 0.5) is 11.4 Å². The van der Waals surface area contributed by atoms with Crippen molar-refractivity contribution in [3.05, 3.63) is 47.5 Å². The van der Waals surface area contributed by atoms with E-state index in [1.807, 2.05) is 19.1 Å². The highest BCUT2D eigenvalue weighted by atomic mass is 16.5. The lowest BCUT2D eigenvalue weighted by molar-refractivity contribution is -0.903. The van der Waals surface area contributed by atoms with E-state index in [2.05, 4.69) is 17.6 Å². The van der Waals surface area contributed by atoms with Crippen LogP contribution in [-0.4, -0.2) is 39.1 Å². The summed E-state index contributed by atoms with van der Waals surface area (Å²) in [7, 11) is 3.24. The minimum atomic E-state index is -0.130. The molecule has 2 amide bonds. The molecule has 0 aromatic heterocycles. The number of nitrogens with one attached hydrogen (secondary N) is 3. The summed E-state index contributed by atoms with van der Waals surface area (Å²) in [6, 6.07) is 11.0. The van der Waals surface area contributed by atoms with Crippen LogP contribution < -0.4 is 25.0 Å². The lowest BCUT2D eigenvalue weighted by Crippen LogP contribution is -3.11. The van der Waals surface area contributed by atoms with Gasteiger partial charge >= 0.3 is 0 Å². The average molecular weight is 400 g/mol. The van der Waals surface area contributed by atoms with Crippen LogP contribution in [0.15, 0.2) is 36.4 Å². The summed E-state index contributed by atoms with van der Waals surface area (Å²) in [5.41, 5.74) is 3.61. The van der Waals surface area contributed by atoms with Crippen molar-refractivity contribution in [1.82, 2.24) is 0 Å². The SMILES string of the molecule is CC[NH+](CC(=O)Nc1ccc(NC(C)=O)cc1)Cc1cc(OC)c(OC)cc1C. The fourth-order valence-electron chi connectivity index (χ4n) is 3.07. The smallest absolute Gasteiger partial charge is 0.279 e. The molecule has 7 heteroatoms. The first-order valence-corrected chi connectivity index (χ1v) is 9.58. The summed E-state index contributed by atoms with van der Waals surface area (Å²) in [6.07, 6.45) is 0. The second-order valence-corrected chi connectivity index (χ2v) is 6.90. The lowest BCUT2D eigenvalue weighted by Gasteiger charge is -2.20. The highest BCUT2D eigenvalue weighted by molar-refractivity contribution is 5.92. The van der Waals surface area contributed by atoms with E-state index in [0.717, 1.165) is 22.6 Å². The van der Waals surface area contributed by atoms with E-state index >= 15 is 0 Å². The lowest BCUT2D eigenvalue weighted by atomic mass is 10.1. The standard InChI is InChI=1S/C22H29N3O4/c1-6-25(13-17-12-21(29-5)20(28-4)11-15(17)2)14-22(27)24-19-9-7-18(8-10-19)23-16(3)26/h7-12H,6,13-14H2,1-5H3,(H,23,26)(H,24,27)/p+1. The Labute approximate surface area is 172 Å². The molecule has 156 valence electrons. The molecule has 3 N–H and O–H groups in total. The van der Waals surface area contributed by atoms with Crippen LogP contribution in [0.3, 0.4) is 0 Å². The van der Waals surface area contributed by atoms with Gasteiger partial charge in [0.05, 0.1) is 20.8 Å². The first kappa shape index (κ1) is 22.2. The minimum Gasteiger partial charge on any atom is -0.493 e. The molecule has 0 bridgehead atoms. The number of methoxy groups -OCH3 is 2. The molecular weight excluding hydrogens is 370 g/mol. The Hall–Kier alpha value is -3.06. The zero-order valence-electron chi connectivity index (χ0n) is 17.7. The first-order valence-electron chi connectivity index (χ1n) is 9.58. The number of rotatable bonds is 9. The maximum absolute atomic E-state index is 12.5. The number of aryl methyl sites for hydroxylation is 1. The summed E-state index contributed by atoms with van der Waals surface area (Å²) in [5, 5.41) is 5.61. The maximum atomic E-state index is 12.5. The van der Waals surface area contributed by atoms with Crippen LogP contribution in [0, 0.1) is 6.92 Å². The highest BCUT2D eigenvalue weighted by Gasteiger charge is 2.17. The van der Waals surface area contributed by atoms with Crippen LogP contribution in [0.1, 0.15) is 25.0 Å². The Bertz CT molecular complexity index is 850. The number of likely N-dealkylation sites (N-methyl/N-ethyl adjacent to an activating group) is 1. The Balaban J connectivity index is 2.00. The van der Waals surface area contributed by atoms with Crippen LogP contribution in [0.25, 0.3) is 0 Å². The average Bonchev–Trinajstić information content (AvgIpc) is 2.69. The number of carbonyl (C=O) groups is 2. The number of amides is 2.